The van der Waals surface area contributed by atoms with Gasteiger partial charge in [-0.15, -0.1) is 0 Å². The molecule has 8 heteroatoms. The molecule has 0 atom stereocenters. The van der Waals surface area contributed by atoms with Crippen LogP contribution in [0, 0.1) is 0 Å². The standard InChI is InChI=1S/C21H25N3O5/c1-24(13-15-6-4-3-5-7-15)21(28)22-9-8-19(25)23-18-11-16(14-29-2)10-17(12-18)20(26)27/h3-7,10-12H,8-9,13-14H2,1-2H3,(H,22,28)(H,23,25)(H,26,27). The normalized spacial score (nSPS) is 10.3. The van der Waals surface area contributed by atoms with Crippen LogP contribution in [0.3, 0.4) is 0 Å². The number of nitrogens with zero attached hydrogens (tertiary/aromatic N) is 1. The lowest BCUT2D eigenvalue weighted by Gasteiger charge is -2.18. The van der Waals surface area contributed by atoms with Crippen molar-refractivity contribution in [2.75, 3.05) is 26.0 Å². The van der Waals surface area contributed by atoms with Crippen LogP contribution in [0.4, 0.5) is 10.5 Å². The number of nitrogens with one attached hydrogen (secondary N) is 2. The lowest BCUT2D eigenvalue weighted by Crippen LogP contribution is -2.38. The number of carbonyl (C=O) groups excluding carboxylic acids is 2. The van der Waals surface area contributed by atoms with Crippen LogP contribution in [-0.2, 0) is 22.7 Å². The number of ether oxygens (including phenoxy) is 1. The molecule has 154 valence electrons. The van der Waals surface area contributed by atoms with Gasteiger partial charge in [0.25, 0.3) is 0 Å². The van der Waals surface area contributed by atoms with Gasteiger partial charge in [-0.2, -0.15) is 0 Å². The second-order valence-electron chi connectivity index (χ2n) is 6.53. The summed E-state index contributed by atoms with van der Waals surface area (Å²) in [5.41, 5.74) is 2.08. The molecule has 2 aromatic rings. The van der Waals surface area contributed by atoms with Crippen molar-refractivity contribution in [3.05, 3.63) is 65.2 Å². The number of rotatable bonds is 9. The molecule has 8 nitrogen and oxygen atoms in total. The van der Waals surface area contributed by atoms with E-state index in [0.29, 0.717) is 17.8 Å². The van der Waals surface area contributed by atoms with Crippen molar-refractivity contribution in [3.63, 3.8) is 0 Å². The molecule has 0 bridgehead atoms. The second kappa shape index (κ2) is 10.8. The SMILES string of the molecule is COCc1cc(NC(=O)CCNC(=O)N(C)Cc2ccccc2)cc(C(=O)O)c1. The number of carbonyl (C=O) groups is 3. The first-order valence-electron chi connectivity index (χ1n) is 9.08. The summed E-state index contributed by atoms with van der Waals surface area (Å²) in [5, 5.41) is 14.5. The van der Waals surface area contributed by atoms with Gasteiger partial charge in [-0.05, 0) is 29.3 Å². The molecule has 2 rings (SSSR count). The molecule has 2 aromatic carbocycles. The number of methoxy groups -OCH3 is 1. The molecule has 0 saturated carbocycles. The molecule has 0 fully saturated rings. The van der Waals surface area contributed by atoms with Gasteiger partial charge in [0.2, 0.25) is 5.91 Å². The number of hydrogen-bond acceptors (Lipinski definition) is 4. The summed E-state index contributed by atoms with van der Waals surface area (Å²) < 4.78 is 5.02. The maximum Gasteiger partial charge on any atom is 0.335 e. The number of carboxylic acids is 1. The Morgan fingerprint density at radius 3 is 2.45 bits per heavy atom. The minimum absolute atomic E-state index is 0.0574. The van der Waals surface area contributed by atoms with Crippen LogP contribution in [0.5, 0.6) is 0 Å². The van der Waals surface area contributed by atoms with E-state index in [2.05, 4.69) is 10.6 Å². The number of hydrogen-bond donors (Lipinski definition) is 3. The molecular formula is C21H25N3O5. The molecule has 0 aromatic heterocycles. The third-order valence-electron chi connectivity index (χ3n) is 4.07. The topological polar surface area (TPSA) is 108 Å². The summed E-state index contributed by atoms with van der Waals surface area (Å²) in [6.45, 7) is 0.851. The van der Waals surface area contributed by atoms with Crippen LogP contribution < -0.4 is 10.6 Å². The van der Waals surface area contributed by atoms with Crippen LogP contribution in [0.1, 0.15) is 27.9 Å². The van der Waals surface area contributed by atoms with Crippen LogP contribution >= 0.6 is 0 Å². The first-order chi connectivity index (χ1) is 13.9. The molecule has 0 radical (unpaired) electrons. The van der Waals surface area contributed by atoms with Gasteiger partial charge in [0.05, 0.1) is 12.2 Å². The Hall–Kier alpha value is -3.39. The van der Waals surface area contributed by atoms with Gasteiger partial charge in [-0.25, -0.2) is 9.59 Å². The Morgan fingerprint density at radius 2 is 1.79 bits per heavy atom. The molecule has 0 saturated heterocycles. The third kappa shape index (κ3) is 7.27. The van der Waals surface area contributed by atoms with Crippen molar-refractivity contribution in [1.29, 1.82) is 0 Å². The highest BCUT2D eigenvalue weighted by molar-refractivity contribution is 5.94. The summed E-state index contributed by atoms with van der Waals surface area (Å²) in [6, 6.07) is 13.8. The van der Waals surface area contributed by atoms with Crippen molar-refractivity contribution in [2.24, 2.45) is 0 Å². The molecule has 0 aliphatic rings. The maximum absolute atomic E-state index is 12.2. The maximum atomic E-state index is 12.2. The van der Waals surface area contributed by atoms with E-state index in [0.717, 1.165) is 5.56 Å². The van der Waals surface area contributed by atoms with Crippen LogP contribution in [0.25, 0.3) is 0 Å². The van der Waals surface area contributed by atoms with E-state index in [1.165, 1.54) is 24.1 Å². The first kappa shape index (κ1) is 21.9. The van der Waals surface area contributed by atoms with Gasteiger partial charge in [0, 0.05) is 39.4 Å². The molecule has 0 aliphatic carbocycles. The number of aromatic carboxylic acids is 1. The van der Waals surface area contributed by atoms with Crippen molar-refractivity contribution < 1.29 is 24.2 Å². The fraction of sp³-hybridized carbons (Fsp3) is 0.286. The number of amides is 3. The molecule has 0 aliphatic heterocycles. The van der Waals surface area contributed by atoms with E-state index in [9.17, 15) is 19.5 Å². The summed E-state index contributed by atoms with van der Waals surface area (Å²) in [7, 11) is 3.18. The number of benzene rings is 2. The zero-order chi connectivity index (χ0) is 21.2. The van der Waals surface area contributed by atoms with Gasteiger partial charge < -0.3 is 25.4 Å². The number of carboxylic acid groups (broad SMARTS) is 1. The second-order valence-corrected chi connectivity index (χ2v) is 6.53. The molecule has 0 heterocycles. The highest BCUT2D eigenvalue weighted by Crippen LogP contribution is 2.16. The van der Waals surface area contributed by atoms with E-state index in [-0.39, 0.29) is 37.1 Å². The predicted octanol–water partition coefficient (Wildman–Crippen LogP) is 2.70. The van der Waals surface area contributed by atoms with Crippen molar-refractivity contribution in [2.45, 2.75) is 19.6 Å². The Morgan fingerprint density at radius 1 is 1.07 bits per heavy atom. The van der Waals surface area contributed by atoms with E-state index in [1.54, 1.807) is 13.1 Å². The van der Waals surface area contributed by atoms with E-state index >= 15 is 0 Å². The average Bonchev–Trinajstić information content (AvgIpc) is 2.68. The smallest absolute Gasteiger partial charge is 0.335 e. The first-order valence-corrected chi connectivity index (χ1v) is 9.08. The van der Waals surface area contributed by atoms with Crippen molar-refractivity contribution in [1.82, 2.24) is 10.2 Å². The van der Waals surface area contributed by atoms with Crippen molar-refractivity contribution >= 4 is 23.6 Å². The Balaban J connectivity index is 1.83. The van der Waals surface area contributed by atoms with E-state index in [1.807, 2.05) is 30.3 Å². The molecule has 0 spiro atoms. The fourth-order valence-corrected chi connectivity index (χ4v) is 2.71. The lowest BCUT2D eigenvalue weighted by atomic mass is 10.1. The van der Waals surface area contributed by atoms with E-state index in [4.69, 9.17) is 4.74 Å². The fourth-order valence-electron chi connectivity index (χ4n) is 2.71. The number of anilines is 1. The Labute approximate surface area is 169 Å². The molecule has 0 unspecified atom stereocenters. The molecular weight excluding hydrogens is 374 g/mol. The minimum Gasteiger partial charge on any atom is -0.478 e. The average molecular weight is 399 g/mol. The Kier molecular flexibility index (Phi) is 8.17. The molecule has 3 amide bonds. The summed E-state index contributed by atoms with van der Waals surface area (Å²) >= 11 is 0. The Bertz CT molecular complexity index is 855. The highest BCUT2D eigenvalue weighted by atomic mass is 16.5. The van der Waals surface area contributed by atoms with Crippen LogP contribution in [-0.4, -0.2) is 48.6 Å². The summed E-state index contributed by atoms with van der Waals surface area (Å²) in [5.74, 6) is -1.42. The zero-order valence-electron chi connectivity index (χ0n) is 16.5. The quantitative estimate of drug-likeness (QED) is 0.601. The van der Waals surface area contributed by atoms with Crippen molar-refractivity contribution in [3.8, 4) is 0 Å². The van der Waals surface area contributed by atoms with Gasteiger partial charge >= 0.3 is 12.0 Å². The largest absolute Gasteiger partial charge is 0.478 e. The third-order valence-corrected chi connectivity index (χ3v) is 4.07. The molecule has 3 N–H and O–H groups in total. The lowest BCUT2D eigenvalue weighted by molar-refractivity contribution is -0.116. The van der Waals surface area contributed by atoms with Gasteiger partial charge in [-0.3, -0.25) is 4.79 Å². The predicted molar refractivity (Wildman–Crippen MR) is 109 cm³/mol. The van der Waals surface area contributed by atoms with Gasteiger partial charge in [0.15, 0.2) is 0 Å². The molecule has 29 heavy (non-hydrogen) atoms. The zero-order valence-corrected chi connectivity index (χ0v) is 16.5. The van der Waals surface area contributed by atoms with E-state index < -0.39 is 5.97 Å². The van der Waals surface area contributed by atoms with Gasteiger partial charge in [0.1, 0.15) is 0 Å². The summed E-state index contributed by atoms with van der Waals surface area (Å²) in [6.07, 6.45) is 0.0574. The highest BCUT2D eigenvalue weighted by Gasteiger charge is 2.12. The van der Waals surface area contributed by atoms with Crippen LogP contribution in [0.15, 0.2) is 48.5 Å². The van der Waals surface area contributed by atoms with Crippen LogP contribution in [0.2, 0.25) is 0 Å². The summed E-state index contributed by atoms with van der Waals surface area (Å²) in [4.78, 5) is 37.0. The number of urea groups is 1. The monoisotopic (exact) mass is 399 g/mol. The minimum atomic E-state index is -1.09. The van der Waals surface area contributed by atoms with Gasteiger partial charge in [-0.1, -0.05) is 30.3 Å².